The summed E-state index contributed by atoms with van der Waals surface area (Å²) in [5.74, 6) is 0. The summed E-state index contributed by atoms with van der Waals surface area (Å²) >= 11 is 0. The number of benzene rings is 11. The minimum atomic E-state index is -3.19. The van der Waals surface area contributed by atoms with Gasteiger partial charge in [0, 0.05) is 32.9 Å². The van der Waals surface area contributed by atoms with Crippen molar-refractivity contribution in [2.75, 3.05) is 0 Å². The van der Waals surface area contributed by atoms with Crippen LogP contribution in [-0.4, -0.2) is 17.2 Å². The van der Waals surface area contributed by atoms with Crippen molar-refractivity contribution in [1.29, 1.82) is 0 Å². The Hall–Kier alpha value is -8.76. The number of rotatable bonds is 8. The fourth-order valence-electron chi connectivity index (χ4n) is 12.5. The lowest BCUT2D eigenvalue weighted by Crippen LogP contribution is -2.74. The van der Waals surface area contributed by atoms with Crippen molar-refractivity contribution in [3.05, 3.63) is 301 Å². The number of aromatic nitrogens is 2. The highest BCUT2D eigenvalue weighted by molar-refractivity contribution is 7.20. The van der Waals surface area contributed by atoms with Crippen LogP contribution in [0.5, 0.6) is 0 Å². The predicted molar refractivity (Wildman–Crippen MR) is 296 cm³/mol. The van der Waals surface area contributed by atoms with Crippen LogP contribution in [0.2, 0.25) is 0 Å². The SMILES string of the molecule is c1ccc(C2(c3ccc([Si](c4ccccc4)(c4ccccc4)c4cc(-n5c6ccccc6c6ccccc65)cc(-n5c6ccccc6c6ccccc65)c4)cc3)c3ccccc3-c3ccccc32)cc1. The molecule has 328 valence electrons. The molecule has 0 amide bonds. The van der Waals surface area contributed by atoms with E-state index < -0.39 is 13.5 Å². The minimum Gasteiger partial charge on any atom is -0.309 e. The Kier molecular flexibility index (Phi) is 9.17. The van der Waals surface area contributed by atoms with E-state index in [9.17, 15) is 0 Å². The monoisotopic (exact) mass is 906 g/mol. The first kappa shape index (κ1) is 40.3. The largest absolute Gasteiger partial charge is 0.309 e. The number of nitrogens with zero attached hydrogens (tertiary/aromatic N) is 2. The molecule has 0 radical (unpaired) electrons. The van der Waals surface area contributed by atoms with Gasteiger partial charge in [-0.1, -0.05) is 237 Å². The van der Waals surface area contributed by atoms with Gasteiger partial charge in [-0.05, 0) is 96.6 Å². The molecule has 0 atom stereocenters. The van der Waals surface area contributed by atoms with Crippen LogP contribution in [0.3, 0.4) is 0 Å². The van der Waals surface area contributed by atoms with Crippen LogP contribution in [0.25, 0.3) is 66.1 Å². The first-order valence-electron chi connectivity index (χ1n) is 24.3. The quantitative estimate of drug-likeness (QED) is 0.106. The van der Waals surface area contributed by atoms with Gasteiger partial charge in [0.25, 0.3) is 0 Å². The van der Waals surface area contributed by atoms with Crippen molar-refractivity contribution in [2.45, 2.75) is 5.41 Å². The standard InChI is InChI=1S/C67H46N2Si/c1-4-22-47(23-5-1)67(61-34-16-10-28-55(61)56-29-11-17-35-62(56)67)48-40-42-53(43-41-48)70(51-24-6-2-7-25-51,52-26-8-3-9-27-52)54-45-49(68-63-36-18-12-30-57(63)58-31-13-19-37-64(58)68)44-50(46-54)69-65-38-20-14-32-59(65)60-33-15-21-39-66(60)69/h1-46H. The molecular weight excluding hydrogens is 861 g/mol. The molecule has 0 fully saturated rings. The van der Waals surface area contributed by atoms with E-state index in [1.807, 2.05) is 0 Å². The van der Waals surface area contributed by atoms with E-state index in [0.717, 1.165) is 11.4 Å². The number of fused-ring (bicyclic) bond motifs is 9. The highest BCUT2D eigenvalue weighted by Crippen LogP contribution is 2.56. The summed E-state index contributed by atoms with van der Waals surface area (Å²) in [7, 11) is -3.19. The lowest BCUT2D eigenvalue weighted by atomic mass is 9.68. The van der Waals surface area contributed by atoms with Crippen LogP contribution in [0.4, 0.5) is 0 Å². The van der Waals surface area contributed by atoms with Crippen LogP contribution >= 0.6 is 0 Å². The van der Waals surface area contributed by atoms with Crippen LogP contribution in [0, 0.1) is 0 Å². The lowest BCUT2D eigenvalue weighted by molar-refractivity contribution is 0.769. The Balaban J connectivity index is 1.10. The molecule has 14 rings (SSSR count). The zero-order valence-corrected chi connectivity index (χ0v) is 39.5. The molecule has 1 aliphatic carbocycles. The Morgan fingerprint density at radius 2 is 0.586 bits per heavy atom. The Bertz CT molecular complexity index is 3790. The van der Waals surface area contributed by atoms with Crippen molar-refractivity contribution >= 4 is 72.4 Å². The molecular formula is C67H46N2Si. The third kappa shape index (κ3) is 5.73. The number of para-hydroxylation sites is 4. The van der Waals surface area contributed by atoms with Gasteiger partial charge >= 0.3 is 0 Å². The second-order valence-corrected chi connectivity index (χ2v) is 22.6. The Morgan fingerprint density at radius 3 is 1.01 bits per heavy atom. The molecule has 0 bridgehead atoms. The molecule has 2 aromatic heterocycles. The van der Waals surface area contributed by atoms with E-state index in [1.54, 1.807) is 0 Å². The average molecular weight is 907 g/mol. The van der Waals surface area contributed by atoms with Gasteiger partial charge in [0.05, 0.1) is 27.5 Å². The maximum absolute atomic E-state index is 3.19. The van der Waals surface area contributed by atoms with Gasteiger partial charge in [-0.2, -0.15) is 0 Å². The van der Waals surface area contributed by atoms with E-state index in [1.165, 1.54) is 97.7 Å². The van der Waals surface area contributed by atoms with E-state index in [0.29, 0.717) is 0 Å². The van der Waals surface area contributed by atoms with Crippen LogP contribution in [0.1, 0.15) is 22.3 Å². The normalized spacial score (nSPS) is 13.0. The summed E-state index contributed by atoms with van der Waals surface area (Å²) < 4.78 is 5.00. The molecule has 70 heavy (non-hydrogen) atoms. The average Bonchev–Trinajstić information content (AvgIpc) is 4.07. The first-order chi connectivity index (χ1) is 34.7. The fraction of sp³-hybridized carbons (Fsp3) is 0.0149. The van der Waals surface area contributed by atoms with E-state index in [4.69, 9.17) is 0 Å². The molecule has 0 N–H and O–H groups in total. The van der Waals surface area contributed by atoms with Gasteiger partial charge in [-0.15, -0.1) is 0 Å². The predicted octanol–water partition coefficient (Wildman–Crippen LogP) is 13.6. The molecule has 2 heterocycles. The van der Waals surface area contributed by atoms with E-state index >= 15 is 0 Å². The van der Waals surface area contributed by atoms with Gasteiger partial charge in [0.1, 0.15) is 0 Å². The van der Waals surface area contributed by atoms with Crippen molar-refractivity contribution in [1.82, 2.24) is 9.13 Å². The molecule has 0 spiro atoms. The Labute approximate surface area is 408 Å². The molecule has 2 nitrogen and oxygen atoms in total. The summed E-state index contributed by atoms with van der Waals surface area (Å²) in [6.45, 7) is 0. The second kappa shape index (κ2) is 15.9. The highest BCUT2D eigenvalue weighted by Gasteiger charge is 2.47. The van der Waals surface area contributed by atoms with Crippen LogP contribution < -0.4 is 20.7 Å². The second-order valence-electron chi connectivity index (χ2n) is 18.7. The molecule has 0 unspecified atom stereocenters. The third-order valence-electron chi connectivity index (χ3n) is 15.3. The third-order valence-corrected chi connectivity index (χ3v) is 20.1. The van der Waals surface area contributed by atoms with Gasteiger partial charge in [0.15, 0.2) is 8.07 Å². The summed E-state index contributed by atoms with van der Waals surface area (Å²) in [5, 5.41) is 10.3. The molecule has 0 aliphatic heterocycles. The summed E-state index contributed by atoms with van der Waals surface area (Å²) in [6, 6.07) is 105. The topological polar surface area (TPSA) is 9.86 Å². The van der Waals surface area contributed by atoms with Crippen molar-refractivity contribution in [3.63, 3.8) is 0 Å². The maximum Gasteiger partial charge on any atom is 0.179 e. The van der Waals surface area contributed by atoms with E-state index in [-0.39, 0.29) is 0 Å². The van der Waals surface area contributed by atoms with Gasteiger partial charge in [-0.25, -0.2) is 0 Å². The number of hydrogen-bond donors (Lipinski definition) is 0. The first-order valence-corrected chi connectivity index (χ1v) is 26.3. The summed E-state index contributed by atoms with van der Waals surface area (Å²) in [4.78, 5) is 0. The molecule has 13 aromatic rings. The van der Waals surface area contributed by atoms with Crippen LogP contribution in [-0.2, 0) is 5.41 Å². The molecule has 3 heteroatoms. The molecule has 1 aliphatic rings. The Morgan fingerprint density at radius 1 is 0.257 bits per heavy atom. The van der Waals surface area contributed by atoms with Gasteiger partial charge < -0.3 is 9.13 Å². The van der Waals surface area contributed by atoms with Gasteiger partial charge in [-0.3, -0.25) is 0 Å². The smallest absolute Gasteiger partial charge is 0.179 e. The maximum atomic E-state index is 2.53. The van der Waals surface area contributed by atoms with Crippen molar-refractivity contribution < 1.29 is 0 Å². The zero-order chi connectivity index (χ0) is 46.2. The van der Waals surface area contributed by atoms with Gasteiger partial charge in [0.2, 0.25) is 0 Å². The zero-order valence-electron chi connectivity index (χ0n) is 38.5. The highest BCUT2D eigenvalue weighted by atomic mass is 28.3. The minimum absolute atomic E-state index is 0.503. The molecule has 0 saturated carbocycles. The summed E-state index contributed by atoms with van der Waals surface area (Å²) in [6.07, 6.45) is 0. The van der Waals surface area contributed by atoms with E-state index in [2.05, 4.69) is 288 Å². The number of hydrogen-bond acceptors (Lipinski definition) is 0. The lowest BCUT2D eigenvalue weighted by Gasteiger charge is -2.37. The molecule has 0 saturated heterocycles. The summed E-state index contributed by atoms with van der Waals surface area (Å²) in [5.41, 5.74) is 14.3. The van der Waals surface area contributed by atoms with Crippen LogP contribution in [0.15, 0.2) is 279 Å². The van der Waals surface area contributed by atoms with Crippen molar-refractivity contribution in [3.8, 4) is 22.5 Å². The molecule has 11 aromatic carbocycles. The van der Waals surface area contributed by atoms with Crippen molar-refractivity contribution in [2.24, 2.45) is 0 Å². The fourth-order valence-corrected chi connectivity index (χ4v) is 17.3.